The molecule has 0 N–H and O–H groups in total. The molecule has 0 atom stereocenters. The predicted octanol–water partition coefficient (Wildman–Crippen LogP) is 2.35. The Kier molecular flexibility index (Phi) is 2.62. The second-order valence-corrected chi connectivity index (χ2v) is 2.34. The van der Waals surface area contributed by atoms with E-state index in [1.807, 2.05) is 20.8 Å². The summed E-state index contributed by atoms with van der Waals surface area (Å²) in [6.45, 7) is 5.92. The predicted molar refractivity (Wildman–Crippen MR) is 31.3 cm³/mol. The van der Waals surface area contributed by atoms with Crippen LogP contribution in [0.1, 0.15) is 27.2 Å². The van der Waals surface area contributed by atoms with Crippen molar-refractivity contribution in [3.63, 3.8) is 0 Å². The quantitative estimate of drug-likeness (QED) is 0.546. The molecule has 0 aliphatic carbocycles. The Morgan fingerprint density at radius 3 is 2.00 bits per heavy atom. The highest BCUT2D eigenvalue weighted by molar-refractivity contribution is 6.07. The van der Waals surface area contributed by atoms with Crippen LogP contribution in [-0.2, 0) is 4.29 Å². The summed E-state index contributed by atoms with van der Waals surface area (Å²) < 4.78 is 4.56. The minimum absolute atomic E-state index is 0.151. The first-order chi connectivity index (χ1) is 3.12. The molecular weight excluding hydrogens is 112 g/mol. The highest BCUT2D eigenvalue weighted by Gasteiger charge is 2.13. The summed E-state index contributed by atoms with van der Waals surface area (Å²) in [5.74, 6) is 0. The topological polar surface area (TPSA) is 9.23 Å². The monoisotopic (exact) mass is 122 g/mol. The van der Waals surface area contributed by atoms with Crippen molar-refractivity contribution in [2.45, 2.75) is 32.8 Å². The van der Waals surface area contributed by atoms with Crippen LogP contribution in [0.5, 0.6) is 0 Å². The van der Waals surface area contributed by atoms with Crippen LogP contribution in [0.15, 0.2) is 0 Å². The van der Waals surface area contributed by atoms with Gasteiger partial charge in [-0.1, -0.05) is 6.92 Å². The molecule has 2 heteroatoms. The van der Waals surface area contributed by atoms with Crippen LogP contribution in [0, 0.1) is 0 Å². The van der Waals surface area contributed by atoms with Crippen molar-refractivity contribution in [2.24, 2.45) is 0 Å². The van der Waals surface area contributed by atoms with E-state index in [-0.39, 0.29) is 5.60 Å². The molecule has 0 spiro atoms. The van der Waals surface area contributed by atoms with Gasteiger partial charge in [-0.05, 0) is 20.3 Å². The standard InChI is InChI=1S/C5H11ClO/c1-4-5(2,3)7-6/h4H2,1-3H3. The van der Waals surface area contributed by atoms with Gasteiger partial charge in [-0.25, -0.2) is 0 Å². The maximum absolute atomic E-state index is 5.09. The maximum atomic E-state index is 5.09. The Balaban J connectivity index is 3.36. The normalized spacial score (nSPS) is 12.0. The van der Waals surface area contributed by atoms with Crippen molar-refractivity contribution in [3.8, 4) is 0 Å². The average molecular weight is 123 g/mol. The molecule has 0 aromatic rings. The Labute approximate surface area is 49.8 Å². The van der Waals surface area contributed by atoms with E-state index in [0.717, 1.165) is 6.42 Å². The molecule has 0 bridgehead atoms. The molecule has 0 aliphatic heterocycles. The molecule has 0 radical (unpaired) electrons. The zero-order chi connectivity index (χ0) is 5.91. The maximum Gasteiger partial charge on any atom is 0.0838 e. The van der Waals surface area contributed by atoms with Crippen molar-refractivity contribution < 1.29 is 4.29 Å². The number of hydrogen-bond acceptors (Lipinski definition) is 1. The second kappa shape index (κ2) is 2.53. The van der Waals surface area contributed by atoms with E-state index >= 15 is 0 Å². The fourth-order valence-corrected chi connectivity index (χ4v) is 0.164. The van der Waals surface area contributed by atoms with Crippen LogP contribution in [0.2, 0.25) is 0 Å². The fourth-order valence-electron chi connectivity index (χ4n) is 0.0546. The molecular formula is C5H11ClO. The SMILES string of the molecule is CCC(C)(C)OCl. The van der Waals surface area contributed by atoms with E-state index in [1.54, 1.807) is 0 Å². The molecule has 7 heavy (non-hydrogen) atoms. The van der Waals surface area contributed by atoms with Crippen LogP contribution in [0.25, 0.3) is 0 Å². The van der Waals surface area contributed by atoms with E-state index in [2.05, 4.69) is 4.29 Å². The van der Waals surface area contributed by atoms with Gasteiger partial charge in [-0.3, -0.25) is 4.29 Å². The van der Waals surface area contributed by atoms with Crippen molar-refractivity contribution in [1.29, 1.82) is 0 Å². The number of halogens is 1. The molecule has 0 aromatic carbocycles. The lowest BCUT2D eigenvalue weighted by Crippen LogP contribution is -2.17. The highest BCUT2D eigenvalue weighted by Crippen LogP contribution is 2.14. The zero-order valence-corrected chi connectivity index (χ0v) is 5.75. The number of rotatable bonds is 2. The molecule has 0 heterocycles. The molecule has 0 unspecified atom stereocenters. The molecule has 44 valence electrons. The van der Waals surface area contributed by atoms with Crippen LogP contribution in [0.3, 0.4) is 0 Å². The minimum atomic E-state index is -0.151. The average Bonchev–Trinajstić information content (AvgIpc) is 1.68. The summed E-state index contributed by atoms with van der Waals surface area (Å²) in [7, 11) is 0. The first-order valence-corrected chi connectivity index (χ1v) is 2.73. The van der Waals surface area contributed by atoms with Gasteiger partial charge in [-0.15, -0.1) is 0 Å². The Bertz CT molecular complexity index is 46.0. The molecule has 0 fully saturated rings. The van der Waals surface area contributed by atoms with Crippen LogP contribution in [-0.4, -0.2) is 5.60 Å². The van der Waals surface area contributed by atoms with Gasteiger partial charge in [0.15, 0.2) is 0 Å². The first-order valence-electron chi connectivity index (χ1n) is 2.42. The molecule has 0 saturated heterocycles. The largest absolute Gasteiger partial charge is 0.273 e. The van der Waals surface area contributed by atoms with Gasteiger partial charge in [0.2, 0.25) is 0 Å². The molecule has 0 rings (SSSR count). The van der Waals surface area contributed by atoms with Crippen molar-refractivity contribution >= 4 is 11.9 Å². The Morgan fingerprint density at radius 2 is 2.00 bits per heavy atom. The first kappa shape index (κ1) is 7.25. The molecule has 0 aliphatic rings. The van der Waals surface area contributed by atoms with Crippen molar-refractivity contribution in [1.82, 2.24) is 0 Å². The summed E-state index contributed by atoms with van der Waals surface area (Å²) in [5, 5.41) is 0. The van der Waals surface area contributed by atoms with Crippen LogP contribution in [0.4, 0.5) is 0 Å². The van der Waals surface area contributed by atoms with E-state index in [0.29, 0.717) is 0 Å². The third-order valence-electron chi connectivity index (χ3n) is 1.06. The third kappa shape index (κ3) is 2.89. The van der Waals surface area contributed by atoms with Gasteiger partial charge >= 0.3 is 0 Å². The van der Waals surface area contributed by atoms with Gasteiger partial charge in [0.1, 0.15) is 0 Å². The summed E-state index contributed by atoms with van der Waals surface area (Å²) >= 11 is 5.09. The van der Waals surface area contributed by atoms with E-state index in [4.69, 9.17) is 11.9 Å². The van der Waals surface area contributed by atoms with Gasteiger partial charge in [0.05, 0.1) is 17.5 Å². The zero-order valence-electron chi connectivity index (χ0n) is 4.99. The lowest BCUT2D eigenvalue weighted by atomic mass is 10.1. The van der Waals surface area contributed by atoms with Crippen LogP contribution < -0.4 is 0 Å². The summed E-state index contributed by atoms with van der Waals surface area (Å²) in [6, 6.07) is 0. The van der Waals surface area contributed by atoms with Gasteiger partial charge < -0.3 is 0 Å². The summed E-state index contributed by atoms with van der Waals surface area (Å²) in [6.07, 6.45) is 0.941. The van der Waals surface area contributed by atoms with Crippen molar-refractivity contribution in [3.05, 3.63) is 0 Å². The fraction of sp³-hybridized carbons (Fsp3) is 1.00. The molecule has 0 aromatic heterocycles. The highest BCUT2D eigenvalue weighted by atomic mass is 35.5. The van der Waals surface area contributed by atoms with E-state index < -0.39 is 0 Å². The van der Waals surface area contributed by atoms with E-state index in [1.165, 1.54) is 0 Å². The second-order valence-electron chi connectivity index (χ2n) is 2.19. The summed E-state index contributed by atoms with van der Waals surface area (Å²) in [4.78, 5) is 0. The van der Waals surface area contributed by atoms with Gasteiger partial charge in [-0.2, -0.15) is 0 Å². The minimum Gasteiger partial charge on any atom is -0.273 e. The van der Waals surface area contributed by atoms with Crippen LogP contribution >= 0.6 is 11.9 Å². The molecule has 0 saturated carbocycles. The van der Waals surface area contributed by atoms with Gasteiger partial charge in [0, 0.05) is 0 Å². The molecule has 1 nitrogen and oxygen atoms in total. The van der Waals surface area contributed by atoms with Gasteiger partial charge in [0.25, 0.3) is 0 Å². The summed E-state index contributed by atoms with van der Waals surface area (Å²) in [5.41, 5.74) is -0.151. The Hall–Kier alpha value is 0.250. The molecule has 0 amide bonds. The Morgan fingerprint density at radius 1 is 1.57 bits per heavy atom. The lowest BCUT2D eigenvalue weighted by Gasteiger charge is -2.16. The smallest absolute Gasteiger partial charge is 0.0838 e. The van der Waals surface area contributed by atoms with E-state index in [9.17, 15) is 0 Å². The number of hydrogen-bond donors (Lipinski definition) is 0. The third-order valence-corrected chi connectivity index (χ3v) is 1.48. The lowest BCUT2D eigenvalue weighted by molar-refractivity contribution is 0.120. The van der Waals surface area contributed by atoms with Crippen molar-refractivity contribution in [2.75, 3.05) is 0 Å².